The Morgan fingerprint density at radius 2 is 2.03 bits per heavy atom. The smallest absolute Gasteiger partial charge is 0.343 e. The van der Waals surface area contributed by atoms with E-state index in [1.165, 1.54) is 17.8 Å². The summed E-state index contributed by atoms with van der Waals surface area (Å²) in [5, 5.41) is 0. The van der Waals surface area contributed by atoms with Crippen molar-refractivity contribution in [2.45, 2.75) is 31.6 Å². The Morgan fingerprint density at radius 3 is 2.79 bits per heavy atom. The summed E-state index contributed by atoms with van der Waals surface area (Å²) in [6.07, 6.45) is 0.727. The molecular formula is C21H21FN2O4S. The molecule has 0 bridgehead atoms. The number of fused-ring (bicyclic) bond motifs is 1. The summed E-state index contributed by atoms with van der Waals surface area (Å²) in [6, 6.07) is 8.02. The van der Waals surface area contributed by atoms with E-state index in [9.17, 15) is 18.8 Å². The van der Waals surface area contributed by atoms with Crippen LogP contribution in [0.25, 0.3) is 5.69 Å². The highest BCUT2D eigenvalue weighted by Crippen LogP contribution is 2.45. The molecule has 2 aliphatic rings. The van der Waals surface area contributed by atoms with Crippen LogP contribution < -0.4 is 0 Å². The van der Waals surface area contributed by atoms with E-state index < -0.39 is 17.4 Å². The van der Waals surface area contributed by atoms with Crippen LogP contribution in [-0.2, 0) is 14.3 Å². The number of aryl methyl sites for hydroxylation is 1. The first-order chi connectivity index (χ1) is 13.8. The molecule has 152 valence electrons. The topological polar surface area (TPSA) is 68.6 Å². The fraction of sp³-hybridized carbons (Fsp3) is 0.381. The van der Waals surface area contributed by atoms with Crippen molar-refractivity contribution < 1.29 is 23.5 Å². The summed E-state index contributed by atoms with van der Waals surface area (Å²) in [4.78, 5) is 38.0. The van der Waals surface area contributed by atoms with Gasteiger partial charge in [-0.05, 0) is 38.5 Å². The predicted octanol–water partition coefficient (Wildman–Crippen LogP) is 3.02. The predicted molar refractivity (Wildman–Crippen MR) is 107 cm³/mol. The van der Waals surface area contributed by atoms with Gasteiger partial charge in [-0.2, -0.15) is 0 Å². The highest BCUT2D eigenvalue weighted by molar-refractivity contribution is 8.01. The number of amides is 1. The second-order valence-corrected chi connectivity index (χ2v) is 8.62. The van der Waals surface area contributed by atoms with Gasteiger partial charge in [0, 0.05) is 35.7 Å². The van der Waals surface area contributed by atoms with Crippen molar-refractivity contribution in [3.63, 3.8) is 0 Å². The Kier molecular flexibility index (Phi) is 4.98. The first-order valence-corrected chi connectivity index (χ1v) is 10.4. The van der Waals surface area contributed by atoms with Crippen LogP contribution in [-0.4, -0.2) is 50.9 Å². The fourth-order valence-corrected chi connectivity index (χ4v) is 5.53. The molecule has 2 aliphatic heterocycles. The standard InChI is InChI=1S/C21H21FN2O4S/c1-13-11-15(14(2)24(13)17-6-4-3-5-16(17)22)18(25)12-28-20(27)21-8-7-19(26)23(21)9-10-29-21/h3-6,11H,7-10,12H2,1-2H3. The van der Waals surface area contributed by atoms with Gasteiger partial charge >= 0.3 is 5.97 Å². The lowest BCUT2D eigenvalue weighted by Gasteiger charge is -2.28. The number of ether oxygens (including phenoxy) is 1. The molecule has 2 aromatic rings. The molecular weight excluding hydrogens is 395 g/mol. The number of benzene rings is 1. The van der Waals surface area contributed by atoms with Crippen molar-refractivity contribution >= 4 is 29.4 Å². The fourth-order valence-electron chi connectivity index (χ4n) is 4.15. The first kappa shape index (κ1) is 19.7. The average Bonchev–Trinajstić information content (AvgIpc) is 3.35. The van der Waals surface area contributed by atoms with Crippen LogP contribution in [0, 0.1) is 19.7 Å². The zero-order valence-corrected chi connectivity index (χ0v) is 17.1. The molecule has 2 fully saturated rings. The van der Waals surface area contributed by atoms with Gasteiger partial charge in [0.05, 0.1) is 5.69 Å². The van der Waals surface area contributed by atoms with Gasteiger partial charge < -0.3 is 14.2 Å². The summed E-state index contributed by atoms with van der Waals surface area (Å²) in [7, 11) is 0. The lowest BCUT2D eigenvalue weighted by atomic mass is 10.1. The van der Waals surface area contributed by atoms with Crippen molar-refractivity contribution in [3.05, 3.63) is 53.1 Å². The van der Waals surface area contributed by atoms with Crippen LogP contribution in [0.4, 0.5) is 4.39 Å². The molecule has 3 heterocycles. The number of aromatic nitrogens is 1. The highest BCUT2D eigenvalue weighted by atomic mass is 32.2. The summed E-state index contributed by atoms with van der Waals surface area (Å²) in [5.74, 6) is -0.653. The zero-order valence-electron chi connectivity index (χ0n) is 16.2. The summed E-state index contributed by atoms with van der Waals surface area (Å²) in [5.41, 5.74) is 2.04. The van der Waals surface area contributed by atoms with Gasteiger partial charge in [0.25, 0.3) is 0 Å². The third kappa shape index (κ3) is 3.15. The second kappa shape index (κ2) is 7.33. The normalized spacial score (nSPS) is 20.8. The maximum atomic E-state index is 14.2. The van der Waals surface area contributed by atoms with E-state index in [-0.39, 0.29) is 17.5 Å². The lowest BCUT2D eigenvalue weighted by Crippen LogP contribution is -2.46. The number of thioether (sulfide) groups is 1. The zero-order chi connectivity index (χ0) is 20.8. The number of Topliss-reactive ketones (excluding diaryl/α,β-unsaturated/α-hetero) is 1. The van der Waals surface area contributed by atoms with Crippen LogP contribution in [0.5, 0.6) is 0 Å². The second-order valence-electron chi connectivity index (χ2n) is 7.25. The SMILES string of the molecule is Cc1cc(C(=O)COC(=O)C23CCC(=O)N2CCS3)c(C)n1-c1ccccc1F. The average molecular weight is 416 g/mol. The van der Waals surface area contributed by atoms with E-state index in [2.05, 4.69) is 0 Å². The largest absolute Gasteiger partial charge is 0.455 e. The van der Waals surface area contributed by atoms with Gasteiger partial charge in [0.1, 0.15) is 5.82 Å². The number of ketones is 1. The number of carbonyl (C=O) groups excluding carboxylic acids is 3. The quantitative estimate of drug-likeness (QED) is 0.554. The van der Waals surface area contributed by atoms with Gasteiger partial charge in [-0.25, -0.2) is 9.18 Å². The number of halogens is 1. The first-order valence-electron chi connectivity index (χ1n) is 9.44. The molecule has 29 heavy (non-hydrogen) atoms. The maximum absolute atomic E-state index is 14.2. The van der Waals surface area contributed by atoms with Crippen molar-refractivity contribution in [1.29, 1.82) is 0 Å². The number of para-hydroxylation sites is 1. The number of esters is 1. The number of hydrogen-bond donors (Lipinski definition) is 0. The van der Waals surface area contributed by atoms with E-state index in [1.54, 1.807) is 47.6 Å². The molecule has 8 heteroatoms. The third-order valence-corrected chi connectivity index (χ3v) is 7.00. The van der Waals surface area contributed by atoms with Crippen LogP contribution in [0.15, 0.2) is 30.3 Å². The number of rotatable bonds is 5. The van der Waals surface area contributed by atoms with E-state index in [0.717, 1.165) is 0 Å². The van der Waals surface area contributed by atoms with Crippen molar-refractivity contribution in [3.8, 4) is 5.69 Å². The highest BCUT2D eigenvalue weighted by Gasteiger charge is 2.56. The minimum Gasteiger partial charge on any atom is -0.455 e. The Bertz CT molecular complexity index is 1020. The summed E-state index contributed by atoms with van der Waals surface area (Å²) in [6.45, 7) is 3.64. The van der Waals surface area contributed by atoms with Crippen LogP contribution in [0.1, 0.15) is 34.6 Å². The van der Waals surface area contributed by atoms with Crippen LogP contribution in [0.3, 0.4) is 0 Å². The Morgan fingerprint density at radius 1 is 1.28 bits per heavy atom. The van der Waals surface area contributed by atoms with E-state index in [4.69, 9.17) is 4.74 Å². The van der Waals surface area contributed by atoms with Gasteiger partial charge in [-0.15, -0.1) is 11.8 Å². The Balaban J connectivity index is 1.51. The Labute approximate surface area is 172 Å². The monoisotopic (exact) mass is 416 g/mol. The molecule has 1 atom stereocenters. The molecule has 1 amide bonds. The van der Waals surface area contributed by atoms with Crippen molar-refractivity contribution in [2.75, 3.05) is 18.9 Å². The van der Waals surface area contributed by atoms with Gasteiger partial charge in [-0.1, -0.05) is 12.1 Å². The van der Waals surface area contributed by atoms with Crippen molar-refractivity contribution in [2.24, 2.45) is 0 Å². The molecule has 2 saturated heterocycles. The van der Waals surface area contributed by atoms with Gasteiger partial charge in [-0.3, -0.25) is 9.59 Å². The third-order valence-electron chi connectivity index (χ3n) is 5.55. The van der Waals surface area contributed by atoms with E-state index in [0.29, 0.717) is 47.8 Å². The molecule has 0 saturated carbocycles. The molecule has 0 radical (unpaired) electrons. The minimum absolute atomic E-state index is 0.0493. The number of nitrogens with zero attached hydrogens (tertiary/aromatic N) is 2. The van der Waals surface area contributed by atoms with Gasteiger partial charge in [0.15, 0.2) is 11.5 Å². The van der Waals surface area contributed by atoms with Crippen LogP contribution >= 0.6 is 11.8 Å². The minimum atomic E-state index is -0.985. The molecule has 4 rings (SSSR count). The van der Waals surface area contributed by atoms with E-state index >= 15 is 0 Å². The molecule has 1 aromatic carbocycles. The van der Waals surface area contributed by atoms with Gasteiger partial charge in [0.2, 0.25) is 11.7 Å². The number of hydrogen-bond acceptors (Lipinski definition) is 5. The molecule has 1 aromatic heterocycles. The lowest BCUT2D eigenvalue weighted by molar-refractivity contribution is -0.152. The van der Waals surface area contributed by atoms with Crippen molar-refractivity contribution in [1.82, 2.24) is 9.47 Å². The molecule has 0 aliphatic carbocycles. The van der Waals surface area contributed by atoms with Crippen LogP contribution in [0.2, 0.25) is 0 Å². The maximum Gasteiger partial charge on any atom is 0.343 e. The summed E-state index contributed by atoms with van der Waals surface area (Å²) < 4.78 is 21.2. The Hall–Kier alpha value is -2.61. The molecule has 0 spiro atoms. The molecule has 1 unspecified atom stereocenters. The number of carbonyl (C=O) groups is 3. The molecule has 0 N–H and O–H groups in total. The molecule has 6 nitrogen and oxygen atoms in total. The summed E-state index contributed by atoms with van der Waals surface area (Å²) >= 11 is 1.40. The van der Waals surface area contributed by atoms with E-state index in [1.807, 2.05) is 0 Å².